The van der Waals surface area contributed by atoms with Gasteiger partial charge in [-0.05, 0) is 57.5 Å². The van der Waals surface area contributed by atoms with E-state index in [1.165, 1.54) is 44.5 Å². The Balaban J connectivity index is 1.45. The number of likely N-dealkylation sites (tertiary alicyclic amines) is 1. The molecule has 0 bridgehead atoms. The van der Waals surface area contributed by atoms with Crippen molar-refractivity contribution < 1.29 is 8.78 Å². The van der Waals surface area contributed by atoms with E-state index in [0.717, 1.165) is 37.6 Å². The highest BCUT2D eigenvalue weighted by molar-refractivity contribution is 5.80. The molecule has 0 atom stereocenters. The SMILES string of the molecule is CN=C(NCCC1CCN(C)CC1)N1CCN(c2cc(F)ccc2F)CC1. The van der Waals surface area contributed by atoms with Gasteiger partial charge in [-0.2, -0.15) is 0 Å². The van der Waals surface area contributed by atoms with Crippen molar-refractivity contribution in [3.8, 4) is 0 Å². The highest BCUT2D eigenvalue weighted by atomic mass is 19.1. The second-order valence-corrected chi connectivity index (χ2v) is 7.58. The van der Waals surface area contributed by atoms with Gasteiger partial charge < -0.3 is 20.0 Å². The summed E-state index contributed by atoms with van der Waals surface area (Å²) in [4.78, 5) is 10.9. The van der Waals surface area contributed by atoms with Crippen molar-refractivity contribution in [2.75, 3.05) is 64.8 Å². The van der Waals surface area contributed by atoms with Gasteiger partial charge in [0, 0.05) is 45.8 Å². The lowest BCUT2D eigenvalue weighted by Crippen LogP contribution is -2.53. The number of hydrogen-bond acceptors (Lipinski definition) is 3. The summed E-state index contributed by atoms with van der Waals surface area (Å²) in [7, 11) is 3.99. The molecule has 0 saturated carbocycles. The molecule has 7 heteroatoms. The van der Waals surface area contributed by atoms with E-state index < -0.39 is 5.82 Å². The molecule has 2 saturated heterocycles. The first-order valence-electron chi connectivity index (χ1n) is 9.91. The molecule has 0 spiro atoms. The Hall–Kier alpha value is -1.89. The first-order valence-corrected chi connectivity index (χ1v) is 9.91. The molecule has 1 N–H and O–H groups in total. The number of guanidine groups is 1. The number of piperidine rings is 1. The van der Waals surface area contributed by atoms with Crippen molar-refractivity contribution in [2.24, 2.45) is 10.9 Å². The van der Waals surface area contributed by atoms with Crippen molar-refractivity contribution in [2.45, 2.75) is 19.3 Å². The average molecular weight is 379 g/mol. The lowest BCUT2D eigenvalue weighted by Gasteiger charge is -2.38. The van der Waals surface area contributed by atoms with Crippen LogP contribution in [0.2, 0.25) is 0 Å². The number of nitrogens with one attached hydrogen (secondary N) is 1. The van der Waals surface area contributed by atoms with Gasteiger partial charge in [0.15, 0.2) is 5.96 Å². The highest BCUT2D eigenvalue weighted by Crippen LogP contribution is 2.22. The Morgan fingerprint density at radius 2 is 1.81 bits per heavy atom. The van der Waals surface area contributed by atoms with Crippen LogP contribution in [0.5, 0.6) is 0 Å². The molecule has 5 nitrogen and oxygen atoms in total. The number of aliphatic imine (C=N–C) groups is 1. The maximum Gasteiger partial charge on any atom is 0.193 e. The van der Waals surface area contributed by atoms with E-state index in [1.807, 2.05) is 4.90 Å². The molecule has 1 aromatic carbocycles. The van der Waals surface area contributed by atoms with E-state index in [-0.39, 0.29) is 5.82 Å². The molecular formula is C20H31F2N5. The van der Waals surface area contributed by atoms with Crippen molar-refractivity contribution in [1.29, 1.82) is 0 Å². The minimum Gasteiger partial charge on any atom is -0.366 e. The van der Waals surface area contributed by atoms with Crippen LogP contribution in [0.4, 0.5) is 14.5 Å². The summed E-state index contributed by atoms with van der Waals surface area (Å²) < 4.78 is 27.4. The standard InChI is InChI=1S/C20H31F2N5/c1-23-20(24-8-5-16-6-9-25(2)10-7-16)27-13-11-26(12-14-27)19-15-17(21)3-4-18(19)22/h3-4,15-16H,5-14H2,1-2H3,(H,23,24). The fraction of sp³-hybridized carbons (Fsp3) is 0.650. The zero-order valence-electron chi connectivity index (χ0n) is 16.4. The van der Waals surface area contributed by atoms with Gasteiger partial charge in [0.2, 0.25) is 0 Å². The first kappa shape index (κ1) is 19.9. The molecular weight excluding hydrogens is 348 g/mol. The summed E-state index contributed by atoms with van der Waals surface area (Å²) >= 11 is 0. The molecule has 0 aromatic heterocycles. The van der Waals surface area contributed by atoms with E-state index >= 15 is 0 Å². The van der Waals surface area contributed by atoms with Crippen molar-refractivity contribution in [1.82, 2.24) is 15.1 Å². The Morgan fingerprint density at radius 3 is 2.48 bits per heavy atom. The topological polar surface area (TPSA) is 34.1 Å². The van der Waals surface area contributed by atoms with Gasteiger partial charge in [0.05, 0.1) is 5.69 Å². The Labute approximate surface area is 161 Å². The quantitative estimate of drug-likeness (QED) is 0.644. The van der Waals surface area contributed by atoms with Gasteiger partial charge in [-0.3, -0.25) is 4.99 Å². The van der Waals surface area contributed by atoms with E-state index in [1.54, 1.807) is 7.05 Å². The van der Waals surface area contributed by atoms with Gasteiger partial charge in [-0.25, -0.2) is 8.78 Å². The van der Waals surface area contributed by atoms with Gasteiger partial charge in [-0.1, -0.05) is 0 Å². The van der Waals surface area contributed by atoms with Gasteiger partial charge in [0.25, 0.3) is 0 Å². The maximum atomic E-state index is 14.0. The predicted molar refractivity (Wildman–Crippen MR) is 106 cm³/mol. The Morgan fingerprint density at radius 1 is 1.11 bits per heavy atom. The molecule has 27 heavy (non-hydrogen) atoms. The van der Waals surface area contributed by atoms with Gasteiger partial charge in [0.1, 0.15) is 11.6 Å². The normalized spacial score (nSPS) is 20.2. The minimum absolute atomic E-state index is 0.347. The fourth-order valence-electron chi connectivity index (χ4n) is 3.96. The summed E-state index contributed by atoms with van der Waals surface area (Å²) in [5.74, 6) is 0.924. The van der Waals surface area contributed by atoms with Crippen LogP contribution < -0.4 is 10.2 Å². The second kappa shape index (κ2) is 9.35. The Bertz CT molecular complexity index is 635. The molecule has 150 valence electrons. The van der Waals surface area contributed by atoms with Crippen LogP contribution in [0.3, 0.4) is 0 Å². The average Bonchev–Trinajstić information content (AvgIpc) is 2.69. The monoisotopic (exact) mass is 379 g/mol. The van der Waals surface area contributed by atoms with E-state index in [9.17, 15) is 8.78 Å². The zero-order chi connectivity index (χ0) is 19.2. The highest BCUT2D eigenvalue weighted by Gasteiger charge is 2.22. The van der Waals surface area contributed by atoms with E-state index in [2.05, 4.69) is 27.2 Å². The summed E-state index contributed by atoms with van der Waals surface area (Å²) in [5.41, 5.74) is 0.347. The molecule has 3 rings (SSSR count). The lowest BCUT2D eigenvalue weighted by atomic mass is 9.94. The summed E-state index contributed by atoms with van der Waals surface area (Å²) in [6, 6.07) is 3.63. The van der Waals surface area contributed by atoms with Crippen LogP contribution in [0, 0.1) is 17.6 Å². The van der Waals surface area contributed by atoms with Crippen molar-refractivity contribution in [3.63, 3.8) is 0 Å². The fourth-order valence-corrected chi connectivity index (χ4v) is 3.96. The first-order chi connectivity index (χ1) is 13.1. The Kier molecular flexibility index (Phi) is 6.88. The number of benzene rings is 1. The molecule has 0 unspecified atom stereocenters. The van der Waals surface area contributed by atoms with Crippen LogP contribution in [0.15, 0.2) is 23.2 Å². The molecule has 0 amide bonds. The van der Waals surface area contributed by atoms with Gasteiger partial charge >= 0.3 is 0 Å². The second-order valence-electron chi connectivity index (χ2n) is 7.58. The number of piperazine rings is 1. The molecule has 2 heterocycles. The molecule has 2 aliphatic heterocycles. The molecule has 2 aliphatic rings. The molecule has 2 fully saturated rings. The summed E-state index contributed by atoms with van der Waals surface area (Å²) in [5, 5.41) is 3.48. The van der Waals surface area contributed by atoms with Crippen LogP contribution in [0.1, 0.15) is 19.3 Å². The van der Waals surface area contributed by atoms with E-state index in [0.29, 0.717) is 18.8 Å². The number of nitrogens with zero attached hydrogens (tertiary/aromatic N) is 4. The van der Waals surface area contributed by atoms with Crippen LogP contribution in [0.25, 0.3) is 0 Å². The van der Waals surface area contributed by atoms with Crippen molar-refractivity contribution in [3.05, 3.63) is 29.8 Å². The third-order valence-corrected chi connectivity index (χ3v) is 5.71. The van der Waals surface area contributed by atoms with Crippen LogP contribution >= 0.6 is 0 Å². The molecule has 1 aromatic rings. The number of rotatable bonds is 4. The molecule has 0 aliphatic carbocycles. The van der Waals surface area contributed by atoms with E-state index in [4.69, 9.17) is 0 Å². The summed E-state index contributed by atoms with van der Waals surface area (Å²) in [6.07, 6.45) is 3.71. The van der Waals surface area contributed by atoms with Crippen LogP contribution in [-0.2, 0) is 0 Å². The van der Waals surface area contributed by atoms with Crippen molar-refractivity contribution >= 4 is 11.6 Å². The number of hydrogen-bond donors (Lipinski definition) is 1. The lowest BCUT2D eigenvalue weighted by molar-refractivity contribution is 0.212. The predicted octanol–water partition coefficient (Wildman–Crippen LogP) is 2.39. The minimum atomic E-state index is -0.403. The smallest absolute Gasteiger partial charge is 0.193 e. The number of halogens is 2. The number of anilines is 1. The summed E-state index contributed by atoms with van der Waals surface area (Å²) in [6.45, 7) is 6.09. The third-order valence-electron chi connectivity index (χ3n) is 5.71. The third kappa shape index (κ3) is 5.31. The van der Waals surface area contributed by atoms with Gasteiger partial charge in [-0.15, -0.1) is 0 Å². The maximum absolute atomic E-state index is 14.0. The molecule has 0 radical (unpaired) electrons. The zero-order valence-corrected chi connectivity index (χ0v) is 16.4. The largest absolute Gasteiger partial charge is 0.366 e. The van der Waals surface area contributed by atoms with Crippen LogP contribution in [-0.4, -0.2) is 75.7 Å².